The van der Waals surface area contributed by atoms with Crippen molar-refractivity contribution in [3.63, 3.8) is 0 Å². The molecule has 0 atom stereocenters. The number of rotatable bonds is 1. The van der Waals surface area contributed by atoms with Gasteiger partial charge in [-0.05, 0) is 34.7 Å². The molecule has 1 aliphatic carbocycles. The molecule has 4 rings (SSSR count). The summed E-state index contributed by atoms with van der Waals surface area (Å²) in [4.78, 5) is 13.9. The van der Waals surface area contributed by atoms with Crippen LogP contribution in [0.5, 0.6) is 0 Å². The molecule has 19 heavy (non-hydrogen) atoms. The molecule has 2 aromatic rings. The molecule has 2 nitrogen and oxygen atoms in total. The molecule has 0 saturated carbocycles. The van der Waals surface area contributed by atoms with Crippen LogP contribution < -0.4 is 4.90 Å². The van der Waals surface area contributed by atoms with E-state index in [4.69, 9.17) is 0 Å². The second-order valence-electron chi connectivity index (χ2n) is 5.29. The molecule has 0 unspecified atom stereocenters. The fourth-order valence-corrected chi connectivity index (χ4v) is 3.30. The predicted molar refractivity (Wildman–Crippen MR) is 76.3 cm³/mol. The highest BCUT2D eigenvalue weighted by molar-refractivity contribution is 5.98. The first-order valence-corrected chi connectivity index (χ1v) is 6.85. The van der Waals surface area contributed by atoms with Crippen molar-refractivity contribution >= 4 is 11.6 Å². The lowest BCUT2D eigenvalue weighted by atomic mass is 10.0. The lowest BCUT2D eigenvalue weighted by Crippen LogP contribution is -2.24. The summed E-state index contributed by atoms with van der Waals surface area (Å²) in [5.74, 6) is 0.268. The average molecular weight is 249 g/mol. The van der Waals surface area contributed by atoms with Gasteiger partial charge in [0.05, 0.1) is 0 Å². The summed E-state index contributed by atoms with van der Waals surface area (Å²) in [5, 5.41) is 0. The van der Waals surface area contributed by atoms with E-state index >= 15 is 0 Å². The van der Waals surface area contributed by atoms with Gasteiger partial charge in [-0.3, -0.25) is 4.79 Å². The quantitative estimate of drug-likeness (QED) is 0.647. The van der Waals surface area contributed by atoms with Gasteiger partial charge in [0.15, 0.2) is 0 Å². The monoisotopic (exact) mass is 249 g/mol. The molecule has 2 heteroatoms. The maximum absolute atomic E-state index is 12.0. The molecule has 2 aliphatic rings. The lowest BCUT2D eigenvalue weighted by Gasteiger charge is -2.19. The largest absolute Gasteiger partial charge is 0.312 e. The second-order valence-corrected chi connectivity index (χ2v) is 5.29. The predicted octanol–water partition coefficient (Wildman–Crippen LogP) is 3.38. The van der Waals surface area contributed by atoms with Gasteiger partial charge in [0.1, 0.15) is 0 Å². The highest BCUT2D eigenvalue weighted by Crippen LogP contribution is 2.41. The molecule has 1 amide bonds. The first-order chi connectivity index (χ1) is 9.34. The Morgan fingerprint density at radius 3 is 2.63 bits per heavy atom. The van der Waals surface area contributed by atoms with Crippen LogP contribution in [-0.2, 0) is 11.2 Å². The first kappa shape index (κ1) is 10.8. The Morgan fingerprint density at radius 2 is 1.79 bits per heavy atom. The van der Waals surface area contributed by atoms with Crippen LogP contribution in [0.3, 0.4) is 0 Å². The van der Waals surface area contributed by atoms with Crippen LogP contribution in [0, 0.1) is 0 Å². The molecule has 2 aromatic carbocycles. The molecule has 94 valence electrons. The molecule has 0 N–H and O–H groups in total. The van der Waals surface area contributed by atoms with E-state index < -0.39 is 0 Å². The molecule has 1 saturated heterocycles. The number of amides is 1. The second kappa shape index (κ2) is 3.95. The molecule has 0 radical (unpaired) electrons. The molecular formula is C17H15NO. The van der Waals surface area contributed by atoms with Crippen LogP contribution in [0.2, 0.25) is 0 Å². The average Bonchev–Trinajstić information content (AvgIpc) is 3.02. The van der Waals surface area contributed by atoms with E-state index in [2.05, 4.69) is 42.5 Å². The van der Waals surface area contributed by atoms with E-state index in [9.17, 15) is 4.79 Å². The van der Waals surface area contributed by atoms with Crippen molar-refractivity contribution in [3.8, 4) is 11.1 Å². The SMILES string of the molecule is O=C1CCCN1c1cccc2c1Cc1ccccc1-2. The number of carbonyl (C=O) groups is 1. The van der Waals surface area contributed by atoms with Gasteiger partial charge in [0.2, 0.25) is 5.91 Å². The standard InChI is InChI=1S/C17H15NO/c19-17-9-4-10-18(17)16-8-3-7-14-13-6-2-1-5-12(13)11-15(14)16/h1-3,5-8H,4,9-11H2. The Balaban J connectivity index is 1.87. The smallest absolute Gasteiger partial charge is 0.227 e. The van der Waals surface area contributed by atoms with Gasteiger partial charge in [0.25, 0.3) is 0 Å². The molecule has 1 aliphatic heterocycles. The zero-order chi connectivity index (χ0) is 12.8. The molecule has 0 bridgehead atoms. The number of fused-ring (bicyclic) bond motifs is 3. The van der Waals surface area contributed by atoms with E-state index in [0.29, 0.717) is 6.42 Å². The van der Waals surface area contributed by atoms with E-state index in [-0.39, 0.29) is 5.91 Å². The minimum Gasteiger partial charge on any atom is -0.312 e. The third-order valence-corrected chi connectivity index (χ3v) is 4.19. The zero-order valence-electron chi connectivity index (χ0n) is 10.7. The summed E-state index contributed by atoms with van der Waals surface area (Å²) < 4.78 is 0. The van der Waals surface area contributed by atoms with E-state index in [0.717, 1.165) is 25.1 Å². The van der Waals surface area contributed by atoms with Crippen LogP contribution in [0.1, 0.15) is 24.0 Å². The van der Waals surface area contributed by atoms with Crippen molar-refractivity contribution in [1.82, 2.24) is 0 Å². The molecular weight excluding hydrogens is 234 g/mol. The van der Waals surface area contributed by atoms with Crippen LogP contribution >= 0.6 is 0 Å². The van der Waals surface area contributed by atoms with Crippen molar-refractivity contribution in [2.45, 2.75) is 19.3 Å². The minimum atomic E-state index is 0.268. The molecule has 1 heterocycles. The number of anilines is 1. The Hall–Kier alpha value is -2.09. The van der Waals surface area contributed by atoms with Gasteiger partial charge in [-0.2, -0.15) is 0 Å². The highest BCUT2D eigenvalue weighted by Gasteiger charge is 2.27. The number of carbonyl (C=O) groups excluding carboxylic acids is 1. The zero-order valence-corrected chi connectivity index (χ0v) is 10.7. The Morgan fingerprint density at radius 1 is 0.947 bits per heavy atom. The van der Waals surface area contributed by atoms with Crippen molar-refractivity contribution in [1.29, 1.82) is 0 Å². The fourth-order valence-electron chi connectivity index (χ4n) is 3.30. The number of nitrogens with zero attached hydrogens (tertiary/aromatic N) is 1. The van der Waals surface area contributed by atoms with Gasteiger partial charge in [0, 0.05) is 25.1 Å². The van der Waals surface area contributed by atoms with Crippen LogP contribution in [0.25, 0.3) is 11.1 Å². The normalized spacial score (nSPS) is 16.6. The van der Waals surface area contributed by atoms with E-state index in [1.54, 1.807) is 0 Å². The Kier molecular flexibility index (Phi) is 2.25. The van der Waals surface area contributed by atoms with Crippen molar-refractivity contribution in [2.75, 3.05) is 11.4 Å². The van der Waals surface area contributed by atoms with Gasteiger partial charge < -0.3 is 4.90 Å². The summed E-state index contributed by atoms with van der Waals surface area (Å²) in [6.07, 6.45) is 2.62. The number of benzene rings is 2. The van der Waals surface area contributed by atoms with E-state index in [1.807, 2.05) is 4.90 Å². The van der Waals surface area contributed by atoms with Crippen molar-refractivity contribution < 1.29 is 4.79 Å². The summed E-state index contributed by atoms with van der Waals surface area (Å²) in [5.41, 5.74) is 6.44. The maximum atomic E-state index is 12.0. The number of hydrogen-bond donors (Lipinski definition) is 0. The highest BCUT2D eigenvalue weighted by atomic mass is 16.2. The first-order valence-electron chi connectivity index (χ1n) is 6.85. The lowest BCUT2D eigenvalue weighted by molar-refractivity contribution is -0.117. The number of hydrogen-bond acceptors (Lipinski definition) is 1. The maximum Gasteiger partial charge on any atom is 0.227 e. The van der Waals surface area contributed by atoms with E-state index in [1.165, 1.54) is 22.3 Å². The molecule has 1 fully saturated rings. The third kappa shape index (κ3) is 1.53. The van der Waals surface area contributed by atoms with Crippen molar-refractivity contribution in [2.24, 2.45) is 0 Å². The van der Waals surface area contributed by atoms with Crippen LogP contribution in [0.4, 0.5) is 5.69 Å². The fraction of sp³-hybridized carbons (Fsp3) is 0.235. The Bertz CT molecular complexity index is 675. The van der Waals surface area contributed by atoms with Gasteiger partial charge in [-0.1, -0.05) is 36.4 Å². The molecule has 0 spiro atoms. The Labute approximate surface area is 112 Å². The topological polar surface area (TPSA) is 20.3 Å². The third-order valence-electron chi connectivity index (χ3n) is 4.19. The summed E-state index contributed by atoms with van der Waals surface area (Å²) in [6, 6.07) is 14.9. The summed E-state index contributed by atoms with van der Waals surface area (Å²) >= 11 is 0. The van der Waals surface area contributed by atoms with Gasteiger partial charge in [-0.25, -0.2) is 0 Å². The van der Waals surface area contributed by atoms with Crippen LogP contribution in [0.15, 0.2) is 42.5 Å². The summed E-state index contributed by atoms with van der Waals surface area (Å²) in [7, 11) is 0. The van der Waals surface area contributed by atoms with Gasteiger partial charge in [-0.15, -0.1) is 0 Å². The van der Waals surface area contributed by atoms with Crippen LogP contribution in [-0.4, -0.2) is 12.5 Å². The van der Waals surface area contributed by atoms with Crippen molar-refractivity contribution in [3.05, 3.63) is 53.6 Å². The van der Waals surface area contributed by atoms with Gasteiger partial charge >= 0.3 is 0 Å². The summed E-state index contributed by atoms with van der Waals surface area (Å²) in [6.45, 7) is 0.867. The molecule has 0 aromatic heterocycles. The minimum absolute atomic E-state index is 0.268.